The van der Waals surface area contributed by atoms with Crippen molar-refractivity contribution < 1.29 is 24.5 Å². The molecule has 1 amide bonds. The Hall–Kier alpha value is -1.14. The van der Waals surface area contributed by atoms with Crippen molar-refractivity contribution in [3.8, 4) is 0 Å². The number of carbonyl (C=O) groups is 2. The number of carboxylic acids is 1. The lowest BCUT2D eigenvalue weighted by atomic mass is 10.0. The third kappa shape index (κ3) is 18.9. The van der Waals surface area contributed by atoms with Gasteiger partial charge in [0.05, 0.1) is 12.6 Å². The molecule has 0 aromatic rings. The van der Waals surface area contributed by atoms with Crippen molar-refractivity contribution in [3.05, 3.63) is 0 Å². The van der Waals surface area contributed by atoms with E-state index in [2.05, 4.69) is 19.2 Å². The van der Waals surface area contributed by atoms with Gasteiger partial charge in [-0.05, 0) is 12.8 Å². The molecule has 0 aliphatic carbocycles. The van der Waals surface area contributed by atoms with Crippen LogP contribution in [0.25, 0.3) is 0 Å². The number of carboxylic acid groups (broad SMARTS) is 1. The second-order valence-corrected chi connectivity index (χ2v) is 8.45. The van der Waals surface area contributed by atoms with Gasteiger partial charge >= 0.3 is 5.97 Å². The highest BCUT2D eigenvalue weighted by Crippen LogP contribution is 2.13. The molecule has 0 aliphatic heterocycles. The third-order valence-corrected chi connectivity index (χ3v) is 5.43. The Morgan fingerprint density at radius 2 is 1.27 bits per heavy atom. The summed E-state index contributed by atoms with van der Waals surface area (Å²) in [5.41, 5.74) is 0. The lowest BCUT2D eigenvalue weighted by Crippen LogP contribution is -2.44. The molecule has 0 radical (unpaired) electrons. The normalized spacial score (nSPS) is 13.2. The van der Waals surface area contributed by atoms with E-state index in [-0.39, 0.29) is 25.2 Å². The summed E-state index contributed by atoms with van der Waals surface area (Å²) in [4.78, 5) is 22.8. The summed E-state index contributed by atoms with van der Waals surface area (Å²) < 4.78 is 5.12. The van der Waals surface area contributed by atoms with E-state index in [0.29, 0.717) is 12.8 Å². The van der Waals surface area contributed by atoms with Crippen molar-refractivity contribution in [2.75, 3.05) is 13.2 Å². The zero-order valence-corrected chi connectivity index (χ0v) is 19.5. The van der Waals surface area contributed by atoms with Gasteiger partial charge in [-0.25, -0.2) is 4.79 Å². The summed E-state index contributed by atoms with van der Waals surface area (Å²) in [7, 11) is 0. The predicted octanol–water partition coefficient (Wildman–Crippen LogP) is 5.21. The van der Waals surface area contributed by atoms with Crippen molar-refractivity contribution in [2.45, 2.75) is 129 Å². The maximum absolute atomic E-state index is 12.2. The van der Waals surface area contributed by atoms with Crippen molar-refractivity contribution in [3.63, 3.8) is 0 Å². The summed E-state index contributed by atoms with van der Waals surface area (Å²) in [5, 5.41) is 21.6. The molecular weight excluding hydrogens is 382 g/mol. The molecule has 0 heterocycles. The van der Waals surface area contributed by atoms with Crippen LogP contribution in [0, 0.1) is 0 Å². The first-order valence-corrected chi connectivity index (χ1v) is 12.3. The maximum atomic E-state index is 12.2. The van der Waals surface area contributed by atoms with E-state index in [0.717, 1.165) is 32.1 Å². The molecule has 0 aliphatic rings. The Bertz CT molecular complexity index is 416. The Kier molecular flexibility index (Phi) is 20.3. The molecule has 0 aromatic carbocycles. The highest BCUT2D eigenvalue weighted by atomic mass is 16.5. The number of aliphatic hydroxyl groups excluding tert-OH is 1. The summed E-state index contributed by atoms with van der Waals surface area (Å²) >= 11 is 0. The lowest BCUT2D eigenvalue weighted by Gasteiger charge is -2.20. The van der Waals surface area contributed by atoms with Gasteiger partial charge in [-0.1, -0.05) is 104 Å². The van der Waals surface area contributed by atoms with Crippen LogP contribution in [0.2, 0.25) is 0 Å². The highest BCUT2D eigenvalue weighted by Gasteiger charge is 2.19. The van der Waals surface area contributed by atoms with Crippen LogP contribution in [0.15, 0.2) is 0 Å². The topological polar surface area (TPSA) is 95.9 Å². The molecule has 0 fully saturated rings. The van der Waals surface area contributed by atoms with E-state index in [1.54, 1.807) is 0 Å². The molecule has 0 rings (SSSR count). The lowest BCUT2D eigenvalue weighted by molar-refractivity contribution is -0.142. The monoisotopic (exact) mass is 429 g/mol. The Balaban J connectivity index is 3.77. The van der Waals surface area contributed by atoms with Crippen LogP contribution < -0.4 is 5.32 Å². The third-order valence-electron chi connectivity index (χ3n) is 5.43. The Morgan fingerprint density at radius 1 is 0.767 bits per heavy atom. The number of ether oxygens (including phenoxy) is 1. The number of amides is 1. The molecule has 0 spiro atoms. The molecule has 30 heavy (non-hydrogen) atoms. The molecule has 6 heteroatoms. The number of hydrogen-bond acceptors (Lipinski definition) is 4. The molecule has 2 atom stereocenters. The fraction of sp³-hybridized carbons (Fsp3) is 0.917. The Morgan fingerprint density at radius 3 is 1.77 bits per heavy atom. The number of aliphatic carboxylic acids is 1. The number of nitrogens with one attached hydrogen (secondary N) is 1. The minimum absolute atomic E-state index is 0.156. The van der Waals surface area contributed by atoms with Gasteiger partial charge in [-0.2, -0.15) is 0 Å². The van der Waals surface area contributed by atoms with E-state index in [4.69, 9.17) is 9.84 Å². The molecule has 0 saturated heterocycles. The van der Waals surface area contributed by atoms with E-state index >= 15 is 0 Å². The summed E-state index contributed by atoms with van der Waals surface area (Å²) in [6.07, 6.45) is 17.1. The fourth-order valence-corrected chi connectivity index (χ4v) is 3.54. The molecular formula is C24H47NO5. The number of hydrogen-bond donors (Lipinski definition) is 3. The smallest absolute Gasteiger partial charge is 0.329 e. The van der Waals surface area contributed by atoms with Crippen molar-refractivity contribution in [2.24, 2.45) is 0 Å². The average molecular weight is 430 g/mol. The van der Waals surface area contributed by atoms with Gasteiger partial charge in [0.2, 0.25) is 5.91 Å². The summed E-state index contributed by atoms with van der Waals surface area (Å²) in [6, 6.07) is -0.256. The summed E-state index contributed by atoms with van der Waals surface area (Å²) in [6.45, 7) is 4.08. The minimum Gasteiger partial charge on any atom is -0.480 e. The first-order valence-electron chi connectivity index (χ1n) is 12.3. The van der Waals surface area contributed by atoms with Gasteiger partial charge in [-0.15, -0.1) is 0 Å². The SMILES string of the molecule is CCCCCCCCCCCCCCC(O)C(=O)N[C@H](CCCC)COCC(=O)O. The Labute approximate surface area is 184 Å². The van der Waals surface area contributed by atoms with E-state index < -0.39 is 12.1 Å². The van der Waals surface area contributed by atoms with Crippen LogP contribution in [0.1, 0.15) is 117 Å². The fourth-order valence-electron chi connectivity index (χ4n) is 3.54. The van der Waals surface area contributed by atoms with E-state index in [1.807, 2.05) is 0 Å². The second-order valence-electron chi connectivity index (χ2n) is 8.45. The molecule has 3 N–H and O–H groups in total. The quantitative estimate of drug-likeness (QED) is 0.205. The highest BCUT2D eigenvalue weighted by molar-refractivity contribution is 5.80. The number of carbonyl (C=O) groups excluding carboxylic acids is 1. The molecule has 0 bridgehead atoms. The molecule has 178 valence electrons. The summed E-state index contributed by atoms with van der Waals surface area (Å²) in [5.74, 6) is -1.40. The molecule has 6 nitrogen and oxygen atoms in total. The van der Waals surface area contributed by atoms with E-state index in [9.17, 15) is 14.7 Å². The molecule has 0 saturated carbocycles. The average Bonchev–Trinajstić information content (AvgIpc) is 2.72. The van der Waals surface area contributed by atoms with Crippen LogP contribution >= 0.6 is 0 Å². The maximum Gasteiger partial charge on any atom is 0.329 e. The first kappa shape index (κ1) is 28.9. The van der Waals surface area contributed by atoms with Crippen molar-refractivity contribution in [1.82, 2.24) is 5.32 Å². The zero-order valence-electron chi connectivity index (χ0n) is 19.5. The minimum atomic E-state index is -1.03. The predicted molar refractivity (Wildman–Crippen MR) is 122 cm³/mol. The van der Waals surface area contributed by atoms with Crippen LogP contribution in [0.4, 0.5) is 0 Å². The number of unbranched alkanes of at least 4 members (excludes halogenated alkanes) is 12. The van der Waals surface area contributed by atoms with Gasteiger partial charge in [0.15, 0.2) is 0 Å². The van der Waals surface area contributed by atoms with Crippen LogP contribution in [-0.2, 0) is 14.3 Å². The van der Waals surface area contributed by atoms with Crippen LogP contribution in [-0.4, -0.2) is 47.4 Å². The van der Waals surface area contributed by atoms with Crippen molar-refractivity contribution >= 4 is 11.9 Å². The standard InChI is InChI=1S/C24H47NO5/c1-3-5-7-8-9-10-11-12-13-14-15-16-18-22(26)24(29)25-21(17-6-4-2)19-30-20-23(27)28/h21-22,26H,3-20H2,1-2H3,(H,25,29)(H,27,28)/t21-,22?/m1/s1. The van der Waals surface area contributed by atoms with Gasteiger partial charge in [0.1, 0.15) is 12.7 Å². The first-order chi connectivity index (χ1) is 14.5. The van der Waals surface area contributed by atoms with Gasteiger partial charge in [0, 0.05) is 0 Å². The zero-order chi connectivity index (χ0) is 22.5. The van der Waals surface area contributed by atoms with Gasteiger partial charge in [-0.3, -0.25) is 4.79 Å². The largest absolute Gasteiger partial charge is 0.480 e. The molecule has 1 unspecified atom stereocenters. The van der Waals surface area contributed by atoms with Gasteiger partial charge in [0.25, 0.3) is 0 Å². The van der Waals surface area contributed by atoms with E-state index in [1.165, 1.54) is 57.8 Å². The van der Waals surface area contributed by atoms with Crippen molar-refractivity contribution in [1.29, 1.82) is 0 Å². The van der Waals surface area contributed by atoms with Crippen LogP contribution in [0.5, 0.6) is 0 Å². The van der Waals surface area contributed by atoms with Crippen LogP contribution in [0.3, 0.4) is 0 Å². The molecule has 0 aromatic heterocycles. The number of rotatable bonds is 22. The number of aliphatic hydroxyl groups is 1. The van der Waals surface area contributed by atoms with Gasteiger partial charge < -0.3 is 20.3 Å². The second kappa shape index (κ2) is 21.1.